The van der Waals surface area contributed by atoms with E-state index in [2.05, 4.69) is 27.3 Å². The van der Waals surface area contributed by atoms with E-state index < -0.39 is 0 Å². The van der Waals surface area contributed by atoms with E-state index >= 15 is 0 Å². The highest BCUT2D eigenvalue weighted by Gasteiger charge is 2.05. The lowest BCUT2D eigenvalue weighted by Crippen LogP contribution is -1.98. The summed E-state index contributed by atoms with van der Waals surface area (Å²) >= 11 is 1.69. The zero-order chi connectivity index (χ0) is 16.8. The van der Waals surface area contributed by atoms with Crippen LogP contribution in [0.3, 0.4) is 0 Å². The molecule has 0 bridgehead atoms. The average Bonchev–Trinajstić information content (AvgIpc) is 3.27. The summed E-state index contributed by atoms with van der Waals surface area (Å²) in [6.45, 7) is 4.10. The van der Waals surface area contributed by atoms with Gasteiger partial charge in [0.1, 0.15) is 0 Å². The largest absolute Gasteiger partial charge is 0.250 e. The molecule has 6 heteroatoms. The summed E-state index contributed by atoms with van der Waals surface area (Å²) in [7, 11) is 0. The predicted octanol–water partition coefficient (Wildman–Crippen LogP) is 4.09. The fraction of sp³-hybridized carbons (Fsp3) is 0.111. The number of benzene rings is 2. The van der Waals surface area contributed by atoms with Crippen LogP contribution in [-0.4, -0.2) is 25.2 Å². The molecule has 0 fully saturated rings. The molecule has 0 aliphatic carbocycles. The van der Waals surface area contributed by atoms with Crippen molar-refractivity contribution in [2.24, 2.45) is 0 Å². The summed E-state index contributed by atoms with van der Waals surface area (Å²) in [6, 6.07) is 19.5. The van der Waals surface area contributed by atoms with Gasteiger partial charge in [-0.3, -0.25) is 0 Å². The van der Waals surface area contributed by atoms with E-state index in [9.17, 15) is 0 Å². The fourth-order valence-corrected chi connectivity index (χ4v) is 2.54. The molecule has 2 aromatic carbocycles. The molecule has 0 saturated carbocycles. The van der Waals surface area contributed by atoms with Crippen molar-refractivity contribution in [1.82, 2.24) is 25.2 Å². The van der Waals surface area contributed by atoms with Crippen LogP contribution in [0.4, 0.5) is 0 Å². The summed E-state index contributed by atoms with van der Waals surface area (Å²) in [5.74, 6) is 0.634. The summed E-state index contributed by atoms with van der Waals surface area (Å²) in [6.07, 6.45) is 0. The van der Waals surface area contributed by atoms with Gasteiger partial charge in [0.2, 0.25) is 5.82 Å². The Morgan fingerprint density at radius 1 is 0.875 bits per heavy atom. The average molecular weight is 335 g/mol. The van der Waals surface area contributed by atoms with Crippen molar-refractivity contribution in [3.8, 4) is 17.1 Å². The molecule has 2 aromatic heterocycles. The second-order valence-electron chi connectivity index (χ2n) is 5.10. The van der Waals surface area contributed by atoms with E-state index in [4.69, 9.17) is 0 Å². The highest BCUT2D eigenvalue weighted by Crippen LogP contribution is 2.13. The van der Waals surface area contributed by atoms with E-state index in [0.29, 0.717) is 5.82 Å². The third-order valence-corrected chi connectivity index (χ3v) is 4.28. The van der Waals surface area contributed by atoms with Crippen molar-refractivity contribution in [3.63, 3.8) is 0 Å². The summed E-state index contributed by atoms with van der Waals surface area (Å²) < 4.78 is 0. The summed E-state index contributed by atoms with van der Waals surface area (Å²) in [5.41, 5.74) is 4.90. The Hall–Kier alpha value is -2.86. The van der Waals surface area contributed by atoms with Crippen LogP contribution >= 0.6 is 11.3 Å². The van der Waals surface area contributed by atoms with Crippen LogP contribution in [0, 0.1) is 13.8 Å². The van der Waals surface area contributed by atoms with Gasteiger partial charge in [0.05, 0.1) is 16.9 Å². The van der Waals surface area contributed by atoms with Crippen molar-refractivity contribution in [2.75, 3.05) is 0 Å². The molecule has 0 atom stereocenters. The standard InChI is InChI=1S/C13H10N4.C5H7NS/c1-3-7-11(8-4-1)13-14-16-17(15-13)12-9-5-2-6-10-12;1-4-5(2)7-3-6-4/h1-10H;3H,1-2H3. The van der Waals surface area contributed by atoms with Crippen molar-refractivity contribution in [3.05, 3.63) is 76.7 Å². The van der Waals surface area contributed by atoms with Gasteiger partial charge >= 0.3 is 0 Å². The SMILES string of the molecule is Cc1ncsc1C.c1ccc(-c2nnn(-c3ccccc3)n2)cc1. The Morgan fingerprint density at radius 2 is 1.54 bits per heavy atom. The van der Waals surface area contributed by atoms with E-state index in [1.807, 2.05) is 73.1 Å². The second-order valence-corrected chi connectivity index (χ2v) is 6.16. The quantitative estimate of drug-likeness (QED) is 0.554. The zero-order valence-corrected chi connectivity index (χ0v) is 14.3. The molecule has 0 amide bonds. The minimum atomic E-state index is 0.634. The van der Waals surface area contributed by atoms with E-state index in [1.165, 1.54) is 9.67 Å². The first kappa shape index (κ1) is 16.0. The van der Waals surface area contributed by atoms with Gasteiger partial charge < -0.3 is 0 Å². The van der Waals surface area contributed by atoms with E-state index in [1.54, 1.807) is 11.3 Å². The highest BCUT2D eigenvalue weighted by atomic mass is 32.1. The molecule has 24 heavy (non-hydrogen) atoms. The first-order valence-electron chi connectivity index (χ1n) is 7.51. The molecule has 0 radical (unpaired) electrons. The van der Waals surface area contributed by atoms with Gasteiger partial charge in [-0.15, -0.1) is 26.3 Å². The summed E-state index contributed by atoms with van der Waals surface area (Å²) in [4.78, 5) is 6.88. The molecule has 0 aliphatic rings. The fourth-order valence-electron chi connectivity index (χ4n) is 1.95. The Labute approximate surface area is 144 Å². The lowest BCUT2D eigenvalue weighted by atomic mass is 10.2. The lowest BCUT2D eigenvalue weighted by Gasteiger charge is -1.95. The monoisotopic (exact) mass is 335 g/mol. The topological polar surface area (TPSA) is 56.5 Å². The van der Waals surface area contributed by atoms with Crippen LogP contribution in [0.1, 0.15) is 10.6 Å². The molecular weight excluding hydrogens is 318 g/mol. The first-order valence-corrected chi connectivity index (χ1v) is 8.39. The number of nitrogens with zero attached hydrogens (tertiary/aromatic N) is 5. The van der Waals surface area contributed by atoms with Crippen LogP contribution in [-0.2, 0) is 0 Å². The maximum absolute atomic E-state index is 4.35. The van der Waals surface area contributed by atoms with Gasteiger partial charge in [-0.05, 0) is 31.2 Å². The number of hydrogen-bond acceptors (Lipinski definition) is 5. The molecule has 2 heterocycles. The number of thiazole rings is 1. The molecule has 0 unspecified atom stereocenters. The molecule has 0 saturated heterocycles. The highest BCUT2D eigenvalue weighted by molar-refractivity contribution is 7.09. The van der Waals surface area contributed by atoms with Crippen LogP contribution in [0.25, 0.3) is 17.1 Å². The van der Waals surface area contributed by atoms with Crippen LogP contribution in [0.15, 0.2) is 66.2 Å². The first-order chi connectivity index (χ1) is 11.7. The molecule has 4 aromatic rings. The van der Waals surface area contributed by atoms with Gasteiger partial charge in [0.25, 0.3) is 0 Å². The van der Waals surface area contributed by atoms with Gasteiger partial charge in [-0.2, -0.15) is 0 Å². The van der Waals surface area contributed by atoms with Crippen LogP contribution in [0.2, 0.25) is 0 Å². The Morgan fingerprint density at radius 3 is 2.08 bits per heavy atom. The third kappa shape index (κ3) is 3.91. The van der Waals surface area contributed by atoms with Gasteiger partial charge in [0.15, 0.2) is 0 Å². The van der Waals surface area contributed by atoms with Crippen molar-refractivity contribution < 1.29 is 0 Å². The molecule has 0 aliphatic heterocycles. The Bertz CT molecular complexity index is 813. The maximum atomic E-state index is 4.35. The molecule has 120 valence electrons. The van der Waals surface area contributed by atoms with Gasteiger partial charge in [0, 0.05) is 10.4 Å². The number of aromatic nitrogens is 5. The maximum Gasteiger partial charge on any atom is 0.205 e. The zero-order valence-electron chi connectivity index (χ0n) is 13.5. The molecule has 0 spiro atoms. The number of para-hydroxylation sites is 1. The van der Waals surface area contributed by atoms with E-state index in [-0.39, 0.29) is 0 Å². The predicted molar refractivity (Wildman–Crippen MR) is 96.2 cm³/mol. The van der Waals surface area contributed by atoms with Crippen LogP contribution < -0.4 is 0 Å². The number of aryl methyl sites for hydroxylation is 2. The molecule has 4 rings (SSSR count). The van der Waals surface area contributed by atoms with Crippen molar-refractivity contribution >= 4 is 11.3 Å². The lowest BCUT2D eigenvalue weighted by molar-refractivity contribution is 0.720. The Kier molecular flexibility index (Phi) is 5.08. The third-order valence-electron chi connectivity index (χ3n) is 3.42. The minimum Gasteiger partial charge on any atom is -0.250 e. The van der Waals surface area contributed by atoms with E-state index in [0.717, 1.165) is 16.9 Å². The van der Waals surface area contributed by atoms with Crippen molar-refractivity contribution in [1.29, 1.82) is 0 Å². The van der Waals surface area contributed by atoms with Crippen molar-refractivity contribution in [2.45, 2.75) is 13.8 Å². The van der Waals surface area contributed by atoms with Gasteiger partial charge in [-0.1, -0.05) is 48.5 Å². The summed E-state index contributed by atoms with van der Waals surface area (Å²) in [5, 5.41) is 12.4. The number of rotatable bonds is 2. The molecule has 0 N–H and O–H groups in total. The smallest absolute Gasteiger partial charge is 0.205 e. The van der Waals surface area contributed by atoms with Gasteiger partial charge in [-0.25, -0.2) is 4.98 Å². The molecule has 5 nitrogen and oxygen atoms in total. The minimum absolute atomic E-state index is 0.634. The van der Waals surface area contributed by atoms with Crippen LogP contribution in [0.5, 0.6) is 0 Å². The second kappa shape index (κ2) is 7.61. The Balaban J connectivity index is 0.000000203. The normalized spacial score (nSPS) is 10.1. The number of tetrazole rings is 1. The molecular formula is C18H17N5S. The number of hydrogen-bond donors (Lipinski definition) is 0.